The van der Waals surface area contributed by atoms with Crippen LogP contribution in [0.5, 0.6) is 0 Å². The standard InChI is InChI=1S/C104H54N16/c105-55-63-38-64(56-106)43-81(42-63)75-30-34-91-87(51-75)88-52-76(82-44-65(57-107)39-66(45-82)58-108)31-35-92(88)119(91)95-28-14-26-85(103-115-99(71-16-5-1-6-17-71)113-100(116-103)72-18-7-2-8-19-72)97(95)79-24-13-25-80(50-79)98-86(104-117-101(73-20-9-3-10-21-73)114-102(118-104)74-22-11-4-12-23-74)27-15-29-96(98)120-93-36-32-77(83-46-67(59-109)40-68(47-83)60-110)53-89(93)90-54-78(33-37-94(90)120)84-48-69(61-111)41-70(49-84)62-112/h1-54H. The zero-order valence-corrected chi connectivity index (χ0v) is 63.3. The second-order valence-corrected chi connectivity index (χ2v) is 28.7. The Bertz CT molecular complexity index is 6910. The largest absolute Gasteiger partial charge is 0.309 e. The van der Waals surface area contributed by atoms with Gasteiger partial charge in [0.15, 0.2) is 34.9 Å². The second kappa shape index (κ2) is 30.4. The first-order valence-electron chi connectivity index (χ1n) is 38.1. The van der Waals surface area contributed by atoms with Crippen molar-refractivity contribution in [1.82, 2.24) is 39.0 Å². The SMILES string of the molecule is N#Cc1cc(C#N)cc(-c2ccc3c(c2)c2cc(-c4cc(C#N)cc(C#N)c4)ccc2n3-c2cccc(-c3nc(-c4ccccc4)nc(-c4ccccc4)n3)c2-c2cccc(-c3c(-c4nc(-c5ccccc5)nc(-c5ccccc5)n4)cccc3-n3c4ccc(-c5cc(C#N)cc(C#N)c5)cc4c4cc(-c5cc(C#N)cc(C#N)c5)ccc43)c2)c1. The number of hydrogen-bond acceptors (Lipinski definition) is 14. The lowest BCUT2D eigenvalue weighted by Crippen LogP contribution is -2.05. The van der Waals surface area contributed by atoms with Crippen molar-refractivity contribution in [2.75, 3.05) is 0 Å². The molecule has 120 heavy (non-hydrogen) atoms. The van der Waals surface area contributed by atoms with Gasteiger partial charge in [0.05, 0.1) is 127 Å². The molecule has 0 aliphatic carbocycles. The van der Waals surface area contributed by atoms with E-state index in [1.54, 1.807) is 72.8 Å². The summed E-state index contributed by atoms with van der Waals surface area (Å²) in [5.74, 6) is 2.51. The lowest BCUT2D eigenvalue weighted by molar-refractivity contribution is 1.07. The first-order valence-corrected chi connectivity index (χ1v) is 38.1. The third kappa shape index (κ3) is 13.2. The molecular formula is C104H54N16. The molecule has 16 nitrogen and oxygen atoms in total. The number of rotatable bonds is 14. The highest BCUT2D eigenvalue weighted by Crippen LogP contribution is 2.48. The van der Waals surface area contributed by atoms with Gasteiger partial charge >= 0.3 is 0 Å². The molecule has 0 saturated heterocycles. The summed E-state index contributed by atoms with van der Waals surface area (Å²) in [4.78, 5) is 32.2. The molecule has 0 bridgehead atoms. The van der Waals surface area contributed by atoms with E-state index < -0.39 is 0 Å². The highest BCUT2D eigenvalue weighted by atomic mass is 15.1. The van der Waals surface area contributed by atoms with Crippen LogP contribution >= 0.6 is 0 Å². The van der Waals surface area contributed by atoms with E-state index in [2.05, 4.69) is 137 Å². The quantitative estimate of drug-likeness (QED) is 0.0979. The molecule has 16 heteroatoms. The van der Waals surface area contributed by atoms with Crippen molar-refractivity contribution in [3.05, 3.63) is 372 Å². The van der Waals surface area contributed by atoms with Crippen LogP contribution in [-0.2, 0) is 0 Å². The molecule has 15 aromatic carbocycles. The molecule has 0 amide bonds. The fourth-order valence-electron chi connectivity index (χ4n) is 16.1. The van der Waals surface area contributed by atoms with Crippen LogP contribution < -0.4 is 0 Å². The van der Waals surface area contributed by atoms with Gasteiger partial charge in [-0.15, -0.1) is 0 Å². The van der Waals surface area contributed by atoms with E-state index in [1.165, 1.54) is 0 Å². The molecule has 0 N–H and O–H groups in total. The Kier molecular flexibility index (Phi) is 18.3. The summed E-state index contributed by atoms with van der Waals surface area (Å²) in [6.45, 7) is 0. The normalized spacial score (nSPS) is 10.9. The molecule has 0 unspecified atom stereocenters. The fourth-order valence-corrected chi connectivity index (χ4v) is 16.1. The lowest BCUT2D eigenvalue weighted by atomic mass is 9.91. The molecule has 19 rings (SSSR count). The van der Waals surface area contributed by atoms with Crippen LogP contribution in [0, 0.1) is 90.6 Å². The van der Waals surface area contributed by atoms with Crippen molar-refractivity contribution < 1.29 is 0 Å². The molecule has 0 spiro atoms. The first kappa shape index (κ1) is 72.1. The van der Waals surface area contributed by atoms with Gasteiger partial charge in [-0.2, -0.15) is 42.1 Å². The number of nitriles is 8. The summed E-state index contributed by atoms with van der Waals surface area (Å²) < 4.78 is 4.46. The Balaban J connectivity index is 0.925. The molecule has 0 aliphatic heterocycles. The molecule has 19 aromatic rings. The van der Waals surface area contributed by atoms with Gasteiger partial charge in [-0.05, 0) is 195 Å². The molecule has 0 atom stereocenters. The summed E-state index contributed by atoms with van der Waals surface area (Å²) in [6, 6.07) is 123. The number of benzene rings is 15. The average Bonchev–Trinajstić information content (AvgIpc) is 1.55. The minimum Gasteiger partial charge on any atom is -0.309 e. The Labute approximate surface area is 687 Å². The molecule has 4 aromatic heterocycles. The van der Waals surface area contributed by atoms with Crippen molar-refractivity contribution in [1.29, 1.82) is 42.1 Å². The fraction of sp³-hybridized carbons (Fsp3) is 0. The molecule has 0 fully saturated rings. The van der Waals surface area contributed by atoms with Gasteiger partial charge in [0.25, 0.3) is 0 Å². The minimum atomic E-state index is 0.329. The van der Waals surface area contributed by atoms with Crippen molar-refractivity contribution in [2.45, 2.75) is 0 Å². The van der Waals surface area contributed by atoms with Crippen LogP contribution in [0.15, 0.2) is 328 Å². The minimum absolute atomic E-state index is 0.329. The number of hydrogen-bond donors (Lipinski definition) is 0. The summed E-state index contributed by atoms with van der Waals surface area (Å²) in [5.41, 5.74) is 20.1. The molecule has 4 heterocycles. The smallest absolute Gasteiger partial charge is 0.164 e. The van der Waals surface area contributed by atoms with Gasteiger partial charge in [-0.25, -0.2) is 29.9 Å². The average molecular weight is 1530 g/mol. The number of nitrogens with zero attached hydrogens (tertiary/aromatic N) is 16. The molecule has 0 saturated carbocycles. The van der Waals surface area contributed by atoms with Gasteiger partial charge in [-0.3, -0.25) is 0 Å². The summed E-state index contributed by atoms with van der Waals surface area (Å²) in [6.07, 6.45) is 0. The third-order valence-electron chi connectivity index (χ3n) is 21.5. The zero-order chi connectivity index (χ0) is 81.5. The maximum atomic E-state index is 10.3. The van der Waals surface area contributed by atoms with Crippen molar-refractivity contribution in [2.24, 2.45) is 0 Å². The van der Waals surface area contributed by atoms with Crippen molar-refractivity contribution in [3.63, 3.8) is 0 Å². The highest BCUT2D eigenvalue weighted by molar-refractivity contribution is 6.14. The van der Waals surface area contributed by atoms with Gasteiger partial charge < -0.3 is 9.13 Å². The summed E-state index contributed by atoms with van der Waals surface area (Å²) in [7, 11) is 0. The van der Waals surface area contributed by atoms with E-state index in [0.717, 1.165) is 99.2 Å². The predicted octanol–water partition coefficient (Wildman–Crippen LogP) is 23.2. The lowest BCUT2D eigenvalue weighted by Gasteiger charge is -2.21. The first-order chi connectivity index (χ1) is 59.0. The van der Waals surface area contributed by atoms with E-state index in [1.807, 2.05) is 176 Å². The van der Waals surface area contributed by atoms with Crippen LogP contribution in [0.4, 0.5) is 0 Å². The van der Waals surface area contributed by atoms with Gasteiger partial charge in [-0.1, -0.05) is 188 Å². The molecule has 0 radical (unpaired) electrons. The molecule has 0 aliphatic rings. The van der Waals surface area contributed by atoms with Crippen LogP contribution in [0.2, 0.25) is 0 Å². The highest BCUT2D eigenvalue weighted by Gasteiger charge is 2.28. The molecule has 550 valence electrons. The van der Waals surface area contributed by atoms with Crippen LogP contribution in [0.1, 0.15) is 44.5 Å². The van der Waals surface area contributed by atoms with Crippen LogP contribution in [-0.4, -0.2) is 39.0 Å². The maximum Gasteiger partial charge on any atom is 0.164 e. The number of aromatic nitrogens is 8. The Hall–Kier alpha value is -18.2. The van der Waals surface area contributed by atoms with E-state index in [0.29, 0.717) is 135 Å². The van der Waals surface area contributed by atoms with Crippen molar-refractivity contribution >= 4 is 43.6 Å². The summed E-state index contributed by atoms with van der Waals surface area (Å²) in [5, 5.41) is 85.8. The monoisotopic (exact) mass is 1530 g/mol. The second-order valence-electron chi connectivity index (χ2n) is 28.7. The molecular weight excluding hydrogens is 1470 g/mol. The van der Waals surface area contributed by atoms with Crippen molar-refractivity contribution in [3.8, 4) is 195 Å². The van der Waals surface area contributed by atoms with E-state index in [4.69, 9.17) is 29.9 Å². The van der Waals surface area contributed by atoms with E-state index in [-0.39, 0.29) is 0 Å². The Morgan fingerprint density at radius 2 is 0.400 bits per heavy atom. The third-order valence-corrected chi connectivity index (χ3v) is 21.5. The van der Waals surface area contributed by atoms with Crippen LogP contribution in [0.3, 0.4) is 0 Å². The zero-order valence-electron chi connectivity index (χ0n) is 63.3. The number of fused-ring (bicyclic) bond motifs is 6. The maximum absolute atomic E-state index is 10.3. The van der Waals surface area contributed by atoms with Gasteiger partial charge in [0, 0.05) is 66.1 Å². The Morgan fingerprint density at radius 3 is 0.642 bits per heavy atom. The van der Waals surface area contributed by atoms with Gasteiger partial charge in [0.1, 0.15) is 0 Å². The summed E-state index contributed by atoms with van der Waals surface area (Å²) >= 11 is 0. The van der Waals surface area contributed by atoms with E-state index in [9.17, 15) is 42.1 Å². The van der Waals surface area contributed by atoms with Gasteiger partial charge in [0.2, 0.25) is 0 Å². The van der Waals surface area contributed by atoms with Crippen LogP contribution in [0.25, 0.3) is 190 Å². The topological polar surface area (TPSA) is 278 Å². The Morgan fingerprint density at radius 1 is 0.175 bits per heavy atom. The predicted molar refractivity (Wildman–Crippen MR) is 465 cm³/mol. The van der Waals surface area contributed by atoms with E-state index >= 15 is 0 Å².